The second-order valence-corrected chi connectivity index (χ2v) is 5.53. The lowest BCUT2D eigenvalue weighted by Gasteiger charge is -2.12. The van der Waals surface area contributed by atoms with Crippen LogP contribution in [-0.4, -0.2) is 16.0 Å². The Morgan fingerprint density at radius 1 is 1.05 bits per heavy atom. The van der Waals surface area contributed by atoms with Crippen LogP contribution in [0.5, 0.6) is 0 Å². The number of hydrogen-bond acceptors (Lipinski definition) is 4. The molecule has 1 heterocycles. The number of halogens is 1. The minimum Gasteiger partial charge on any atom is -0.368 e. The summed E-state index contributed by atoms with van der Waals surface area (Å²) in [5.41, 5.74) is 0.997. The zero-order chi connectivity index (χ0) is 13.8. The molecule has 0 saturated carbocycles. The summed E-state index contributed by atoms with van der Waals surface area (Å²) >= 11 is 3.42. The lowest BCUT2D eigenvalue weighted by atomic mass is 10.3. The van der Waals surface area contributed by atoms with E-state index in [2.05, 4.69) is 50.4 Å². The van der Waals surface area contributed by atoms with Crippen LogP contribution in [0.25, 0.3) is 0 Å². The van der Waals surface area contributed by atoms with Crippen molar-refractivity contribution in [1.29, 1.82) is 0 Å². The van der Waals surface area contributed by atoms with Crippen molar-refractivity contribution in [3.05, 3.63) is 40.6 Å². The Labute approximate surface area is 121 Å². The van der Waals surface area contributed by atoms with E-state index < -0.39 is 0 Å². The summed E-state index contributed by atoms with van der Waals surface area (Å²) in [6.07, 6.45) is 0. The quantitative estimate of drug-likeness (QED) is 0.890. The normalized spacial score (nSPS) is 10.6. The molecule has 2 aromatic rings. The van der Waals surface area contributed by atoms with Gasteiger partial charge in [0, 0.05) is 22.3 Å². The van der Waals surface area contributed by atoms with Gasteiger partial charge in [0.1, 0.15) is 17.5 Å². The van der Waals surface area contributed by atoms with Gasteiger partial charge in [0.2, 0.25) is 0 Å². The maximum atomic E-state index is 4.38. The summed E-state index contributed by atoms with van der Waals surface area (Å²) in [6.45, 7) is 6.05. The number of aryl methyl sites for hydroxylation is 1. The predicted molar refractivity (Wildman–Crippen MR) is 83.0 cm³/mol. The van der Waals surface area contributed by atoms with E-state index in [0.717, 1.165) is 27.6 Å². The summed E-state index contributed by atoms with van der Waals surface area (Å²) < 4.78 is 1.05. The summed E-state index contributed by atoms with van der Waals surface area (Å²) in [7, 11) is 0. The molecule has 0 atom stereocenters. The average Bonchev–Trinajstić information content (AvgIpc) is 2.30. The Hall–Kier alpha value is -1.62. The smallest absolute Gasteiger partial charge is 0.136 e. The second kappa shape index (κ2) is 6.02. The van der Waals surface area contributed by atoms with Crippen molar-refractivity contribution in [2.45, 2.75) is 26.8 Å². The van der Waals surface area contributed by atoms with Gasteiger partial charge < -0.3 is 10.6 Å². The van der Waals surface area contributed by atoms with Crippen LogP contribution in [0.1, 0.15) is 19.7 Å². The SMILES string of the molecule is Cc1nc(Nc2ccc(Br)cc2)cc(NC(C)C)n1. The third-order valence-corrected chi connectivity index (χ3v) is 2.92. The largest absolute Gasteiger partial charge is 0.368 e. The maximum absolute atomic E-state index is 4.38. The van der Waals surface area contributed by atoms with Crippen LogP contribution in [0.2, 0.25) is 0 Å². The van der Waals surface area contributed by atoms with Crippen molar-refractivity contribution < 1.29 is 0 Å². The van der Waals surface area contributed by atoms with Crippen LogP contribution < -0.4 is 10.6 Å². The standard InChI is InChI=1S/C14H17BrN4/c1-9(2)16-13-8-14(18-10(3)17-13)19-12-6-4-11(15)5-7-12/h4-9H,1-3H3,(H2,16,17,18,19). The number of nitrogens with zero attached hydrogens (tertiary/aromatic N) is 2. The Morgan fingerprint density at radius 2 is 1.68 bits per heavy atom. The van der Waals surface area contributed by atoms with E-state index in [0.29, 0.717) is 6.04 Å². The number of hydrogen-bond donors (Lipinski definition) is 2. The lowest BCUT2D eigenvalue weighted by Crippen LogP contribution is -2.12. The molecule has 0 saturated heterocycles. The molecule has 0 unspecified atom stereocenters. The predicted octanol–water partition coefficient (Wildman–Crippen LogP) is 4.11. The van der Waals surface area contributed by atoms with Gasteiger partial charge in [0.15, 0.2) is 0 Å². The van der Waals surface area contributed by atoms with Crippen LogP contribution >= 0.6 is 15.9 Å². The van der Waals surface area contributed by atoms with E-state index >= 15 is 0 Å². The second-order valence-electron chi connectivity index (χ2n) is 4.62. The first-order valence-corrected chi connectivity index (χ1v) is 6.97. The van der Waals surface area contributed by atoms with Crippen molar-refractivity contribution in [3.8, 4) is 0 Å². The highest BCUT2D eigenvalue weighted by atomic mass is 79.9. The number of nitrogens with one attached hydrogen (secondary N) is 2. The molecule has 0 spiro atoms. The molecule has 1 aromatic heterocycles. The van der Waals surface area contributed by atoms with E-state index in [1.165, 1.54) is 0 Å². The van der Waals surface area contributed by atoms with Gasteiger partial charge in [-0.1, -0.05) is 15.9 Å². The minimum absolute atomic E-state index is 0.342. The lowest BCUT2D eigenvalue weighted by molar-refractivity contribution is 0.881. The van der Waals surface area contributed by atoms with Crippen LogP contribution in [0.15, 0.2) is 34.8 Å². The molecule has 0 aliphatic carbocycles. The van der Waals surface area contributed by atoms with Crippen LogP contribution in [0.3, 0.4) is 0 Å². The molecule has 2 rings (SSSR count). The molecule has 2 N–H and O–H groups in total. The molecule has 4 nitrogen and oxygen atoms in total. The fraction of sp³-hybridized carbons (Fsp3) is 0.286. The highest BCUT2D eigenvalue weighted by Gasteiger charge is 2.03. The first kappa shape index (κ1) is 13.8. The number of rotatable bonds is 4. The topological polar surface area (TPSA) is 49.8 Å². The third-order valence-electron chi connectivity index (χ3n) is 2.39. The zero-order valence-corrected chi connectivity index (χ0v) is 12.8. The Morgan fingerprint density at radius 3 is 2.32 bits per heavy atom. The van der Waals surface area contributed by atoms with Crippen LogP contribution in [0.4, 0.5) is 17.3 Å². The maximum Gasteiger partial charge on any atom is 0.136 e. The molecule has 0 fully saturated rings. The van der Waals surface area contributed by atoms with E-state index in [1.807, 2.05) is 37.3 Å². The molecule has 0 radical (unpaired) electrons. The molecule has 0 bridgehead atoms. The van der Waals surface area contributed by atoms with Crippen molar-refractivity contribution in [3.63, 3.8) is 0 Å². The summed E-state index contributed by atoms with van der Waals surface area (Å²) in [5.74, 6) is 2.37. The highest BCUT2D eigenvalue weighted by molar-refractivity contribution is 9.10. The summed E-state index contributed by atoms with van der Waals surface area (Å²) in [4.78, 5) is 8.74. The first-order valence-electron chi connectivity index (χ1n) is 6.18. The molecular weight excluding hydrogens is 304 g/mol. The van der Waals surface area contributed by atoms with Gasteiger partial charge in [-0.3, -0.25) is 0 Å². The van der Waals surface area contributed by atoms with Crippen molar-refractivity contribution in [2.24, 2.45) is 0 Å². The van der Waals surface area contributed by atoms with Gasteiger partial charge in [0.05, 0.1) is 0 Å². The van der Waals surface area contributed by atoms with E-state index in [1.54, 1.807) is 0 Å². The van der Waals surface area contributed by atoms with E-state index in [4.69, 9.17) is 0 Å². The van der Waals surface area contributed by atoms with Gasteiger partial charge in [-0.15, -0.1) is 0 Å². The van der Waals surface area contributed by atoms with Gasteiger partial charge in [-0.2, -0.15) is 0 Å². The highest BCUT2D eigenvalue weighted by Crippen LogP contribution is 2.19. The molecule has 1 aromatic carbocycles. The molecule has 0 amide bonds. The number of benzene rings is 1. The number of anilines is 3. The third kappa shape index (κ3) is 4.21. The Bertz CT molecular complexity index is 552. The number of aromatic nitrogens is 2. The van der Waals surface area contributed by atoms with Gasteiger partial charge in [0.25, 0.3) is 0 Å². The molecule has 0 aliphatic rings. The molecule has 100 valence electrons. The van der Waals surface area contributed by atoms with Crippen LogP contribution in [0, 0.1) is 6.92 Å². The average molecular weight is 321 g/mol. The van der Waals surface area contributed by atoms with Gasteiger partial charge >= 0.3 is 0 Å². The molecular formula is C14H17BrN4. The van der Waals surface area contributed by atoms with E-state index in [-0.39, 0.29) is 0 Å². The van der Waals surface area contributed by atoms with Gasteiger partial charge in [-0.05, 0) is 45.0 Å². The molecule has 19 heavy (non-hydrogen) atoms. The molecule has 0 aliphatic heterocycles. The van der Waals surface area contributed by atoms with Crippen LogP contribution in [-0.2, 0) is 0 Å². The summed E-state index contributed by atoms with van der Waals surface area (Å²) in [6, 6.07) is 10.2. The summed E-state index contributed by atoms with van der Waals surface area (Å²) in [5, 5.41) is 6.56. The van der Waals surface area contributed by atoms with Crippen molar-refractivity contribution in [1.82, 2.24) is 9.97 Å². The first-order chi connectivity index (χ1) is 9.02. The fourth-order valence-electron chi connectivity index (χ4n) is 1.68. The minimum atomic E-state index is 0.342. The monoisotopic (exact) mass is 320 g/mol. The van der Waals surface area contributed by atoms with Gasteiger partial charge in [-0.25, -0.2) is 9.97 Å². The van der Waals surface area contributed by atoms with Crippen molar-refractivity contribution >= 4 is 33.3 Å². The van der Waals surface area contributed by atoms with E-state index in [9.17, 15) is 0 Å². The zero-order valence-electron chi connectivity index (χ0n) is 11.2. The fourth-order valence-corrected chi connectivity index (χ4v) is 1.95. The Balaban J connectivity index is 2.19. The molecule has 5 heteroatoms. The van der Waals surface area contributed by atoms with Crippen molar-refractivity contribution in [2.75, 3.05) is 10.6 Å². The Kier molecular flexibility index (Phi) is 4.37.